The van der Waals surface area contributed by atoms with Crippen molar-refractivity contribution in [2.24, 2.45) is 0 Å². The normalized spacial score (nSPS) is 10.8. The molecular weight excluding hydrogens is 530 g/mol. The number of thiazole rings is 1. The van der Waals surface area contributed by atoms with E-state index in [-0.39, 0.29) is 22.8 Å². The number of aromatic carboxylic acids is 1. The summed E-state index contributed by atoms with van der Waals surface area (Å²) < 4.78 is 0. The third-order valence-electron chi connectivity index (χ3n) is 5.95. The fourth-order valence-electron chi connectivity index (χ4n) is 4.16. The Morgan fingerprint density at radius 1 is 0.846 bits per heavy atom. The standard InChI is InChI=1S/C30H23N3O4S2/c1-18-27(20-7-3-2-4-8-20)33-30(39-18)32-25(34)17-38-22-15-13-21(14-16-22)31-28(35)23-11-5-9-19-10-6-12-24(26(19)23)29(36)37/h2-16H,17H2,1H3,(H,31,35)(H,36,37)(H,32,33,34). The maximum absolute atomic E-state index is 13.0. The predicted molar refractivity (Wildman–Crippen MR) is 157 cm³/mol. The average Bonchev–Trinajstić information content (AvgIpc) is 3.31. The highest BCUT2D eigenvalue weighted by molar-refractivity contribution is 8.00. The van der Waals surface area contributed by atoms with Gasteiger partial charge in [0.2, 0.25) is 5.91 Å². The van der Waals surface area contributed by atoms with Gasteiger partial charge in [0, 0.05) is 32.0 Å². The van der Waals surface area contributed by atoms with Crippen molar-refractivity contribution < 1.29 is 19.5 Å². The van der Waals surface area contributed by atoms with Crippen LogP contribution in [0, 0.1) is 6.92 Å². The molecule has 3 N–H and O–H groups in total. The van der Waals surface area contributed by atoms with Crippen LogP contribution in [0.3, 0.4) is 0 Å². The second-order valence-corrected chi connectivity index (χ2v) is 10.9. The third kappa shape index (κ3) is 6.00. The molecule has 5 rings (SSSR count). The summed E-state index contributed by atoms with van der Waals surface area (Å²) in [4.78, 5) is 43.7. The second kappa shape index (κ2) is 11.5. The molecule has 9 heteroatoms. The Labute approximate surface area is 232 Å². The summed E-state index contributed by atoms with van der Waals surface area (Å²) in [5.41, 5.74) is 2.80. The first-order chi connectivity index (χ1) is 18.9. The van der Waals surface area contributed by atoms with Crippen LogP contribution in [0.2, 0.25) is 0 Å². The minimum atomic E-state index is -1.09. The van der Waals surface area contributed by atoms with E-state index in [9.17, 15) is 19.5 Å². The van der Waals surface area contributed by atoms with Crippen LogP contribution in [0.5, 0.6) is 0 Å². The van der Waals surface area contributed by atoms with Crippen molar-refractivity contribution in [1.82, 2.24) is 4.98 Å². The number of carboxylic acids is 1. The first-order valence-corrected chi connectivity index (χ1v) is 13.8. The molecule has 0 bridgehead atoms. The van der Waals surface area contributed by atoms with E-state index in [0.29, 0.717) is 21.6 Å². The number of carboxylic acid groups (broad SMARTS) is 1. The van der Waals surface area contributed by atoms with Crippen LogP contribution >= 0.6 is 23.1 Å². The molecule has 0 aliphatic carbocycles. The number of hydrogen-bond acceptors (Lipinski definition) is 6. The van der Waals surface area contributed by atoms with E-state index >= 15 is 0 Å². The lowest BCUT2D eigenvalue weighted by molar-refractivity contribution is -0.113. The van der Waals surface area contributed by atoms with Crippen LogP contribution in [0.25, 0.3) is 22.0 Å². The first-order valence-electron chi connectivity index (χ1n) is 12.0. The van der Waals surface area contributed by atoms with E-state index in [2.05, 4.69) is 15.6 Å². The van der Waals surface area contributed by atoms with Gasteiger partial charge in [-0.05, 0) is 48.7 Å². The number of carbonyl (C=O) groups is 3. The van der Waals surface area contributed by atoms with Crippen molar-refractivity contribution in [3.8, 4) is 11.3 Å². The molecule has 1 heterocycles. The van der Waals surface area contributed by atoms with Gasteiger partial charge in [0.15, 0.2) is 5.13 Å². The number of carbonyl (C=O) groups excluding carboxylic acids is 2. The van der Waals surface area contributed by atoms with E-state index in [0.717, 1.165) is 21.0 Å². The van der Waals surface area contributed by atoms with Gasteiger partial charge in [-0.25, -0.2) is 9.78 Å². The number of aryl methyl sites for hydroxylation is 1. The van der Waals surface area contributed by atoms with Crippen molar-refractivity contribution in [3.63, 3.8) is 0 Å². The van der Waals surface area contributed by atoms with Gasteiger partial charge < -0.3 is 15.7 Å². The topological polar surface area (TPSA) is 108 Å². The number of benzene rings is 4. The molecule has 0 aliphatic rings. The lowest BCUT2D eigenvalue weighted by atomic mass is 9.98. The maximum atomic E-state index is 13.0. The SMILES string of the molecule is Cc1sc(NC(=O)CSc2ccc(NC(=O)c3cccc4cccc(C(=O)O)c34)cc2)nc1-c1ccccc1. The summed E-state index contributed by atoms with van der Waals surface area (Å²) in [6.45, 7) is 1.98. The molecule has 0 unspecified atom stereocenters. The molecule has 2 amide bonds. The lowest BCUT2D eigenvalue weighted by Crippen LogP contribution is -2.14. The number of anilines is 2. The zero-order valence-corrected chi connectivity index (χ0v) is 22.4. The van der Waals surface area contributed by atoms with Crippen molar-refractivity contribution >= 4 is 62.5 Å². The molecule has 0 saturated carbocycles. The van der Waals surface area contributed by atoms with Crippen molar-refractivity contribution in [1.29, 1.82) is 0 Å². The zero-order chi connectivity index (χ0) is 27.4. The largest absolute Gasteiger partial charge is 0.478 e. The highest BCUT2D eigenvalue weighted by Gasteiger charge is 2.17. The minimum absolute atomic E-state index is 0.0764. The van der Waals surface area contributed by atoms with Gasteiger partial charge in [-0.3, -0.25) is 9.59 Å². The second-order valence-electron chi connectivity index (χ2n) is 8.62. The Balaban J connectivity index is 1.20. The van der Waals surface area contributed by atoms with Crippen LogP contribution in [-0.2, 0) is 4.79 Å². The number of aromatic nitrogens is 1. The number of thioether (sulfide) groups is 1. The summed E-state index contributed by atoms with van der Waals surface area (Å²) in [7, 11) is 0. The predicted octanol–water partition coefficient (Wildman–Crippen LogP) is 6.95. The summed E-state index contributed by atoms with van der Waals surface area (Å²) in [6, 6.07) is 27.0. The number of hydrogen-bond donors (Lipinski definition) is 3. The van der Waals surface area contributed by atoms with Crippen LogP contribution in [0.1, 0.15) is 25.6 Å². The molecule has 0 atom stereocenters. The number of nitrogens with zero attached hydrogens (tertiary/aromatic N) is 1. The Kier molecular flexibility index (Phi) is 7.72. The molecule has 0 radical (unpaired) electrons. The van der Waals surface area contributed by atoms with Gasteiger partial charge in [0.05, 0.1) is 17.0 Å². The van der Waals surface area contributed by atoms with Gasteiger partial charge in [-0.1, -0.05) is 54.6 Å². The maximum Gasteiger partial charge on any atom is 0.336 e. The first kappa shape index (κ1) is 26.1. The highest BCUT2D eigenvalue weighted by atomic mass is 32.2. The van der Waals surface area contributed by atoms with E-state index < -0.39 is 11.9 Å². The molecule has 0 saturated heterocycles. The van der Waals surface area contributed by atoms with Gasteiger partial charge in [0.25, 0.3) is 5.91 Å². The van der Waals surface area contributed by atoms with Gasteiger partial charge in [-0.2, -0.15) is 0 Å². The van der Waals surface area contributed by atoms with Crippen molar-refractivity contribution in [2.45, 2.75) is 11.8 Å². The zero-order valence-electron chi connectivity index (χ0n) is 20.8. The van der Waals surface area contributed by atoms with Crippen molar-refractivity contribution in [2.75, 3.05) is 16.4 Å². The monoisotopic (exact) mass is 553 g/mol. The lowest BCUT2D eigenvalue weighted by Gasteiger charge is -2.11. The summed E-state index contributed by atoms with van der Waals surface area (Å²) in [5, 5.41) is 16.9. The third-order valence-corrected chi connectivity index (χ3v) is 7.85. The Morgan fingerprint density at radius 3 is 2.23 bits per heavy atom. The number of nitrogens with one attached hydrogen (secondary N) is 2. The molecular formula is C30H23N3O4S2. The molecule has 4 aromatic carbocycles. The Bertz CT molecular complexity index is 1680. The van der Waals surface area contributed by atoms with Crippen LogP contribution < -0.4 is 10.6 Å². The summed E-state index contributed by atoms with van der Waals surface area (Å²) in [6.07, 6.45) is 0. The fourth-order valence-corrected chi connectivity index (χ4v) is 5.71. The van der Waals surface area contributed by atoms with Gasteiger partial charge >= 0.3 is 5.97 Å². The van der Waals surface area contributed by atoms with Crippen LogP contribution in [0.4, 0.5) is 10.8 Å². The minimum Gasteiger partial charge on any atom is -0.478 e. The number of amides is 2. The smallest absolute Gasteiger partial charge is 0.336 e. The van der Waals surface area contributed by atoms with E-state index in [4.69, 9.17) is 0 Å². The van der Waals surface area contributed by atoms with E-state index in [1.165, 1.54) is 29.2 Å². The molecule has 0 spiro atoms. The van der Waals surface area contributed by atoms with Gasteiger partial charge in [-0.15, -0.1) is 23.1 Å². The molecule has 7 nitrogen and oxygen atoms in total. The Morgan fingerprint density at radius 2 is 1.54 bits per heavy atom. The quantitative estimate of drug-likeness (QED) is 0.179. The van der Waals surface area contributed by atoms with Crippen molar-refractivity contribution in [3.05, 3.63) is 107 Å². The molecule has 194 valence electrons. The van der Waals surface area contributed by atoms with Gasteiger partial charge in [0.1, 0.15) is 0 Å². The molecule has 5 aromatic rings. The number of rotatable bonds is 8. The summed E-state index contributed by atoms with van der Waals surface area (Å²) in [5.74, 6) is -1.44. The van der Waals surface area contributed by atoms with Crippen LogP contribution in [0.15, 0.2) is 95.9 Å². The molecule has 0 fully saturated rings. The highest BCUT2D eigenvalue weighted by Crippen LogP contribution is 2.31. The molecule has 0 aliphatic heterocycles. The average molecular weight is 554 g/mol. The van der Waals surface area contributed by atoms with Crippen LogP contribution in [-0.4, -0.2) is 33.6 Å². The molecule has 1 aromatic heterocycles. The summed E-state index contributed by atoms with van der Waals surface area (Å²) >= 11 is 2.82. The van der Waals surface area contributed by atoms with E-state index in [1.807, 2.05) is 49.4 Å². The Hall–Kier alpha value is -4.47. The van der Waals surface area contributed by atoms with E-state index in [1.54, 1.807) is 42.5 Å². The molecule has 39 heavy (non-hydrogen) atoms. The number of fused-ring (bicyclic) bond motifs is 1. The fraction of sp³-hybridized carbons (Fsp3) is 0.0667.